The summed E-state index contributed by atoms with van der Waals surface area (Å²) in [6.45, 7) is 19.9. The summed E-state index contributed by atoms with van der Waals surface area (Å²) in [6, 6.07) is 25.7. The maximum absolute atomic E-state index is 6.66. The van der Waals surface area contributed by atoms with Crippen molar-refractivity contribution >= 4 is 48.6 Å². The second-order valence-corrected chi connectivity index (χ2v) is 19.1. The van der Waals surface area contributed by atoms with Gasteiger partial charge in [-0.25, -0.2) is 0 Å². The van der Waals surface area contributed by atoms with Crippen LogP contribution in [0.25, 0.3) is 48.6 Å². The molecule has 0 bridgehead atoms. The highest BCUT2D eigenvalue weighted by Crippen LogP contribution is 2.34. The first kappa shape index (κ1) is 57.4. The third kappa shape index (κ3) is 23.1. The van der Waals surface area contributed by atoms with Crippen molar-refractivity contribution in [1.29, 1.82) is 0 Å². The second kappa shape index (κ2) is 36.7. The molecule has 0 N–H and O–H groups in total. The van der Waals surface area contributed by atoms with Crippen LogP contribution in [0.15, 0.2) is 86.0 Å². The van der Waals surface area contributed by atoms with Crippen LogP contribution < -0.4 is 18.9 Å². The zero-order valence-electron chi connectivity index (χ0n) is 44.4. The Labute approximate surface area is 427 Å². The summed E-state index contributed by atoms with van der Waals surface area (Å²) in [5.41, 5.74) is 8.45. The molecule has 4 aromatic carbocycles. The van der Waals surface area contributed by atoms with Crippen molar-refractivity contribution in [3.05, 3.63) is 130 Å². The van der Waals surface area contributed by atoms with Crippen molar-refractivity contribution in [2.24, 2.45) is 0 Å². The lowest BCUT2D eigenvalue weighted by atomic mass is 10.0. The van der Waals surface area contributed by atoms with Crippen molar-refractivity contribution in [1.82, 2.24) is 0 Å². The predicted octanol–water partition coefficient (Wildman–Crippen LogP) is 20.4. The van der Waals surface area contributed by atoms with Gasteiger partial charge in [0.2, 0.25) is 0 Å². The van der Waals surface area contributed by atoms with Gasteiger partial charge in [-0.2, -0.15) is 0 Å². The molecule has 0 aliphatic carbocycles. The minimum Gasteiger partial charge on any atom is -0.493 e. The molecule has 4 heteroatoms. The Morgan fingerprint density at radius 3 is 0.886 bits per heavy atom. The van der Waals surface area contributed by atoms with E-state index in [-0.39, 0.29) is 0 Å². The average Bonchev–Trinajstić information content (AvgIpc) is 3.38. The predicted molar refractivity (Wildman–Crippen MR) is 308 cm³/mol. The van der Waals surface area contributed by atoms with Gasteiger partial charge in [-0.15, -0.1) is 0 Å². The van der Waals surface area contributed by atoms with E-state index in [1.165, 1.54) is 128 Å². The average molecular weight is 949 g/mol. The fraction of sp³-hybridized carbons (Fsp3) is 0.485. The van der Waals surface area contributed by atoms with Gasteiger partial charge in [-0.1, -0.05) is 254 Å². The van der Waals surface area contributed by atoms with E-state index < -0.39 is 0 Å². The molecule has 0 unspecified atom stereocenters. The second-order valence-electron chi connectivity index (χ2n) is 19.1. The molecule has 0 aromatic heterocycles. The largest absolute Gasteiger partial charge is 0.493 e. The lowest BCUT2D eigenvalue weighted by Gasteiger charge is -2.16. The van der Waals surface area contributed by atoms with Gasteiger partial charge in [0.05, 0.1) is 26.4 Å². The molecule has 0 saturated carbocycles. The van der Waals surface area contributed by atoms with Gasteiger partial charge in [0.25, 0.3) is 0 Å². The summed E-state index contributed by atoms with van der Waals surface area (Å²) in [5, 5.41) is 0. The standard InChI is InChI=1S/C66H92O4/c1-7-13-17-21-25-29-45-67-63-52-60(64(51-59(63)12-6)68-46-30-26-22-18-14-8-2)43-40-57-37-34-38-58(50-57)41-44-62-54-65(69-47-31-27-23-19-15-9-3)61(42-39-56-36-33-35-55(11-5)49-56)53-66(62)70-48-32-28-24-20-16-10-4/h11-12,33-44,49-54H,5-10,13-32,45-48H2,1-4H3/b42-39+,43-40+,44-41+. The minimum absolute atomic E-state index is 0.681. The Bertz CT molecular complexity index is 2140. The summed E-state index contributed by atoms with van der Waals surface area (Å²) < 4.78 is 26.2. The van der Waals surface area contributed by atoms with E-state index in [0.717, 1.165) is 93.2 Å². The molecule has 0 heterocycles. The fourth-order valence-corrected chi connectivity index (χ4v) is 8.61. The van der Waals surface area contributed by atoms with Gasteiger partial charge in [-0.3, -0.25) is 0 Å². The van der Waals surface area contributed by atoms with Crippen LogP contribution in [0, 0.1) is 0 Å². The third-order valence-corrected chi connectivity index (χ3v) is 12.9. The minimum atomic E-state index is 0.681. The van der Waals surface area contributed by atoms with Crippen LogP contribution in [-0.4, -0.2) is 26.4 Å². The highest BCUT2D eigenvalue weighted by Gasteiger charge is 2.13. The molecule has 0 spiro atoms. The number of unbranched alkanes of at least 4 members (excludes halogenated alkanes) is 20. The number of benzene rings is 4. The fourth-order valence-electron chi connectivity index (χ4n) is 8.61. The monoisotopic (exact) mass is 949 g/mol. The van der Waals surface area contributed by atoms with Gasteiger partial charge in [0.1, 0.15) is 23.0 Å². The Kier molecular flexibility index (Phi) is 30.1. The summed E-state index contributed by atoms with van der Waals surface area (Å²) >= 11 is 0. The van der Waals surface area contributed by atoms with Crippen molar-refractivity contribution < 1.29 is 18.9 Å². The van der Waals surface area contributed by atoms with Crippen molar-refractivity contribution in [2.75, 3.05) is 26.4 Å². The number of ether oxygens (including phenoxy) is 4. The highest BCUT2D eigenvalue weighted by molar-refractivity contribution is 5.81. The zero-order chi connectivity index (χ0) is 49.7. The van der Waals surface area contributed by atoms with Crippen LogP contribution in [0.1, 0.15) is 226 Å². The first-order valence-electron chi connectivity index (χ1n) is 27.9. The SMILES string of the molecule is C=Cc1cccc(/C=C/c2cc(OCCCCCCCC)c(/C=C/c3cccc(/C=C/c4cc(OCCCCCCCC)c(C=C)cc4OCCCCCCCC)c3)cc2OCCCCCCCC)c1. The zero-order valence-corrected chi connectivity index (χ0v) is 44.4. The van der Waals surface area contributed by atoms with E-state index in [9.17, 15) is 0 Å². The van der Waals surface area contributed by atoms with Gasteiger partial charge >= 0.3 is 0 Å². The molecule has 0 saturated heterocycles. The van der Waals surface area contributed by atoms with E-state index >= 15 is 0 Å². The molecule has 0 aliphatic heterocycles. The summed E-state index contributed by atoms with van der Waals surface area (Å²) in [5.74, 6) is 3.48. The Morgan fingerprint density at radius 2 is 0.571 bits per heavy atom. The van der Waals surface area contributed by atoms with Crippen molar-refractivity contribution in [3.63, 3.8) is 0 Å². The molecule has 70 heavy (non-hydrogen) atoms. The van der Waals surface area contributed by atoms with Crippen LogP contribution in [0.3, 0.4) is 0 Å². The van der Waals surface area contributed by atoms with E-state index in [0.29, 0.717) is 26.4 Å². The maximum Gasteiger partial charge on any atom is 0.127 e. The maximum atomic E-state index is 6.66. The van der Waals surface area contributed by atoms with E-state index in [1.807, 2.05) is 12.2 Å². The van der Waals surface area contributed by atoms with Gasteiger partial charge in [-0.05, 0) is 84.3 Å². The molecular weight excluding hydrogens is 857 g/mol. The number of hydrogen-bond acceptors (Lipinski definition) is 4. The van der Waals surface area contributed by atoms with E-state index in [4.69, 9.17) is 18.9 Å². The Hall–Kier alpha value is -5.22. The molecule has 0 aliphatic rings. The number of hydrogen-bond donors (Lipinski definition) is 0. The molecule has 0 radical (unpaired) electrons. The van der Waals surface area contributed by atoms with Crippen molar-refractivity contribution in [3.8, 4) is 23.0 Å². The molecule has 0 fully saturated rings. The first-order valence-corrected chi connectivity index (χ1v) is 27.9. The molecular formula is C66H92O4. The quantitative estimate of drug-likeness (QED) is 0.0329. The third-order valence-electron chi connectivity index (χ3n) is 12.9. The molecule has 0 amide bonds. The summed E-state index contributed by atoms with van der Waals surface area (Å²) in [6.07, 6.45) is 46.2. The lowest BCUT2D eigenvalue weighted by molar-refractivity contribution is 0.295. The van der Waals surface area contributed by atoms with Gasteiger partial charge in [0.15, 0.2) is 0 Å². The van der Waals surface area contributed by atoms with E-state index in [1.54, 1.807) is 0 Å². The van der Waals surface area contributed by atoms with E-state index in [2.05, 4.69) is 150 Å². The van der Waals surface area contributed by atoms with Gasteiger partial charge < -0.3 is 18.9 Å². The first-order chi connectivity index (χ1) is 34.5. The summed E-state index contributed by atoms with van der Waals surface area (Å²) in [4.78, 5) is 0. The van der Waals surface area contributed by atoms with Crippen LogP contribution in [0.4, 0.5) is 0 Å². The Balaban J connectivity index is 1.62. The van der Waals surface area contributed by atoms with Gasteiger partial charge in [0, 0.05) is 22.3 Å². The normalized spacial score (nSPS) is 11.5. The molecule has 380 valence electrons. The smallest absolute Gasteiger partial charge is 0.127 e. The molecule has 0 atom stereocenters. The van der Waals surface area contributed by atoms with Crippen LogP contribution >= 0.6 is 0 Å². The molecule has 4 aromatic rings. The highest BCUT2D eigenvalue weighted by atomic mass is 16.5. The van der Waals surface area contributed by atoms with Crippen LogP contribution in [0.2, 0.25) is 0 Å². The van der Waals surface area contributed by atoms with Crippen LogP contribution in [0.5, 0.6) is 23.0 Å². The van der Waals surface area contributed by atoms with Crippen LogP contribution in [-0.2, 0) is 0 Å². The Morgan fingerprint density at radius 1 is 0.300 bits per heavy atom. The van der Waals surface area contributed by atoms with Crippen molar-refractivity contribution in [2.45, 2.75) is 182 Å². The molecule has 4 rings (SSSR count). The number of rotatable bonds is 40. The summed E-state index contributed by atoms with van der Waals surface area (Å²) in [7, 11) is 0. The lowest BCUT2D eigenvalue weighted by Crippen LogP contribution is -2.03. The topological polar surface area (TPSA) is 36.9 Å². The molecule has 4 nitrogen and oxygen atoms in total.